The van der Waals surface area contributed by atoms with E-state index < -0.39 is 0 Å². The Morgan fingerprint density at radius 2 is 1.70 bits per heavy atom. The molecule has 1 aromatic heterocycles. The van der Waals surface area contributed by atoms with E-state index in [1.165, 1.54) is 5.56 Å². The lowest BCUT2D eigenvalue weighted by Crippen LogP contribution is -2.24. The number of benzene rings is 3. The third kappa shape index (κ3) is 5.02. The van der Waals surface area contributed by atoms with Crippen molar-refractivity contribution in [3.05, 3.63) is 119 Å². The van der Waals surface area contributed by atoms with Crippen LogP contribution >= 0.6 is 0 Å². The molecule has 0 N–H and O–H groups in total. The minimum atomic E-state index is -0.0645. The van der Waals surface area contributed by atoms with E-state index in [9.17, 15) is 9.59 Å². The zero-order valence-corrected chi connectivity index (χ0v) is 22.7. The van der Waals surface area contributed by atoms with Crippen LogP contribution in [-0.4, -0.2) is 34.9 Å². The summed E-state index contributed by atoms with van der Waals surface area (Å²) < 4.78 is 11.9. The highest BCUT2D eigenvalue weighted by molar-refractivity contribution is 6.10. The van der Waals surface area contributed by atoms with Crippen LogP contribution in [-0.2, 0) is 26.1 Å². The van der Waals surface area contributed by atoms with E-state index in [0.717, 1.165) is 35.2 Å². The summed E-state index contributed by atoms with van der Waals surface area (Å²) in [6.07, 6.45) is 5.12. The van der Waals surface area contributed by atoms with E-state index in [0.29, 0.717) is 42.3 Å². The highest BCUT2D eigenvalue weighted by Gasteiger charge is 2.31. The number of fused-ring (bicyclic) bond motifs is 2. The lowest BCUT2D eigenvalue weighted by atomic mass is 10.1. The number of aromatic nitrogens is 1. The van der Waals surface area contributed by atoms with Gasteiger partial charge in [-0.25, -0.2) is 0 Å². The number of anilines is 1. The Morgan fingerprint density at radius 1 is 0.850 bits per heavy atom. The average Bonchev–Trinajstić information content (AvgIpc) is 3.48. The predicted octanol–water partition coefficient (Wildman–Crippen LogP) is 5.81. The first kappa shape index (κ1) is 25.6. The second-order valence-electron chi connectivity index (χ2n) is 10.4. The van der Waals surface area contributed by atoms with Gasteiger partial charge in [-0.05, 0) is 60.7 Å². The quantitative estimate of drug-likeness (QED) is 0.272. The van der Waals surface area contributed by atoms with Gasteiger partial charge in [-0.2, -0.15) is 0 Å². The molecule has 202 valence electrons. The molecule has 3 aromatic carbocycles. The first-order chi connectivity index (χ1) is 19.5. The second-order valence-corrected chi connectivity index (χ2v) is 10.4. The van der Waals surface area contributed by atoms with Crippen LogP contribution in [0.15, 0.2) is 85.2 Å². The number of nitrogens with zero attached hydrogens (tertiary/aromatic N) is 3. The number of hydrogen-bond acceptors (Lipinski definition) is 5. The Labute approximate surface area is 234 Å². The van der Waals surface area contributed by atoms with E-state index in [-0.39, 0.29) is 17.9 Å². The predicted molar refractivity (Wildman–Crippen MR) is 153 cm³/mol. The molecular formula is C33H31N3O4. The normalized spacial score (nSPS) is 14.8. The summed E-state index contributed by atoms with van der Waals surface area (Å²) in [5.41, 5.74) is 6.21. The lowest BCUT2D eigenvalue weighted by Gasteiger charge is -2.21. The molecule has 7 nitrogen and oxygen atoms in total. The van der Waals surface area contributed by atoms with Crippen molar-refractivity contribution in [2.75, 3.05) is 12.0 Å². The van der Waals surface area contributed by atoms with Crippen LogP contribution in [0.4, 0.5) is 5.69 Å². The van der Waals surface area contributed by atoms with Gasteiger partial charge in [0.05, 0.1) is 19.8 Å². The molecule has 0 saturated carbocycles. The van der Waals surface area contributed by atoms with Gasteiger partial charge < -0.3 is 19.3 Å². The van der Waals surface area contributed by atoms with Crippen molar-refractivity contribution in [3.63, 3.8) is 0 Å². The van der Waals surface area contributed by atoms with E-state index in [1.807, 2.05) is 61.5 Å². The molecule has 0 fully saturated rings. The largest absolute Gasteiger partial charge is 0.493 e. The van der Waals surface area contributed by atoms with Gasteiger partial charge in [-0.15, -0.1) is 0 Å². The van der Waals surface area contributed by atoms with Crippen LogP contribution in [0.2, 0.25) is 0 Å². The zero-order chi connectivity index (χ0) is 27.6. The lowest BCUT2D eigenvalue weighted by molar-refractivity contribution is 0.0766. The molecule has 2 amide bonds. The third-order valence-electron chi connectivity index (χ3n) is 7.60. The van der Waals surface area contributed by atoms with Gasteiger partial charge in [0.15, 0.2) is 11.5 Å². The molecule has 0 spiro atoms. The smallest absolute Gasteiger partial charge is 0.258 e. The van der Waals surface area contributed by atoms with Crippen LogP contribution in [0.25, 0.3) is 0 Å². The zero-order valence-electron chi connectivity index (χ0n) is 22.7. The second kappa shape index (κ2) is 10.8. The summed E-state index contributed by atoms with van der Waals surface area (Å²) in [6.45, 7) is 3.49. The fraction of sp³-hybridized carbons (Fsp3) is 0.242. The van der Waals surface area contributed by atoms with Crippen LogP contribution in [0.1, 0.15) is 56.3 Å². The SMILES string of the molecule is COc1ccc(N2Cc3ccc(CN4Cc5cnccc5C4=O)cc3C2=O)cc1OC(C)CCc1ccccc1. The molecule has 0 radical (unpaired) electrons. The summed E-state index contributed by atoms with van der Waals surface area (Å²) in [5, 5.41) is 0. The molecule has 0 saturated heterocycles. The van der Waals surface area contributed by atoms with Crippen LogP contribution in [0, 0.1) is 0 Å². The third-order valence-corrected chi connectivity index (χ3v) is 7.60. The fourth-order valence-corrected chi connectivity index (χ4v) is 5.43. The number of hydrogen-bond donors (Lipinski definition) is 0. The molecule has 4 aromatic rings. The Morgan fingerprint density at radius 3 is 2.50 bits per heavy atom. The van der Waals surface area contributed by atoms with Gasteiger partial charge in [0.25, 0.3) is 11.8 Å². The fourth-order valence-electron chi connectivity index (χ4n) is 5.43. The van der Waals surface area contributed by atoms with Gasteiger partial charge in [-0.3, -0.25) is 14.6 Å². The number of pyridine rings is 1. The maximum Gasteiger partial charge on any atom is 0.258 e. The molecule has 1 unspecified atom stereocenters. The molecule has 2 aliphatic rings. The highest BCUT2D eigenvalue weighted by Crippen LogP contribution is 2.37. The number of aryl methyl sites for hydroxylation is 1. The summed E-state index contributed by atoms with van der Waals surface area (Å²) in [4.78, 5) is 34.0. The van der Waals surface area contributed by atoms with Gasteiger partial charge in [0, 0.05) is 53.9 Å². The number of amides is 2. The monoisotopic (exact) mass is 533 g/mol. The van der Waals surface area contributed by atoms with Crippen molar-refractivity contribution in [2.45, 2.75) is 45.5 Å². The summed E-state index contributed by atoms with van der Waals surface area (Å²) in [7, 11) is 1.62. The van der Waals surface area contributed by atoms with E-state index in [2.05, 4.69) is 17.1 Å². The molecule has 0 bridgehead atoms. The van der Waals surface area contributed by atoms with Crippen molar-refractivity contribution in [3.8, 4) is 11.5 Å². The molecule has 3 heterocycles. The summed E-state index contributed by atoms with van der Waals surface area (Å²) in [5.74, 6) is 1.18. The van der Waals surface area contributed by atoms with Crippen LogP contribution in [0.5, 0.6) is 11.5 Å². The number of carbonyl (C=O) groups is 2. The molecule has 0 aliphatic carbocycles. The number of rotatable bonds is 9. The van der Waals surface area contributed by atoms with Crippen LogP contribution in [0.3, 0.4) is 0 Å². The van der Waals surface area contributed by atoms with Gasteiger partial charge >= 0.3 is 0 Å². The van der Waals surface area contributed by atoms with E-state index in [1.54, 1.807) is 35.4 Å². The topological polar surface area (TPSA) is 72.0 Å². The number of ether oxygens (including phenoxy) is 2. The maximum absolute atomic E-state index is 13.5. The molecule has 1 atom stereocenters. The molecular weight excluding hydrogens is 502 g/mol. The molecule has 6 rings (SSSR count). The van der Waals surface area contributed by atoms with Gasteiger partial charge in [0.1, 0.15) is 0 Å². The van der Waals surface area contributed by atoms with Gasteiger partial charge in [0.2, 0.25) is 0 Å². The van der Waals surface area contributed by atoms with Crippen molar-refractivity contribution < 1.29 is 19.1 Å². The Balaban J connectivity index is 1.15. The minimum absolute atomic E-state index is 0.00499. The average molecular weight is 534 g/mol. The van der Waals surface area contributed by atoms with Crippen molar-refractivity contribution in [2.24, 2.45) is 0 Å². The van der Waals surface area contributed by atoms with E-state index in [4.69, 9.17) is 9.47 Å². The minimum Gasteiger partial charge on any atom is -0.493 e. The Kier molecular flexibility index (Phi) is 6.95. The number of methoxy groups -OCH3 is 1. The Bertz CT molecular complexity index is 1570. The summed E-state index contributed by atoms with van der Waals surface area (Å²) in [6, 6.07) is 23.6. The first-order valence-corrected chi connectivity index (χ1v) is 13.5. The van der Waals surface area contributed by atoms with E-state index >= 15 is 0 Å². The molecule has 40 heavy (non-hydrogen) atoms. The molecule has 2 aliphatic heterocycles. The molecule has 7 heteroatoms. The van der Waals surface area contributed by atoms with Crippen molar-refractivity contribution in [1.82, 2.24) is 9.88 Å². The van der Waals surface area contributed by atoms with Crippen molar-refractivity contribution in [1.29, 1.82) is 0 Å². The first-order valence-electron chi connectivity index (χ1n) is 13.5. The number of carbonyl (C=O) groups excluding carboxylic acids is 2. The Hall–Kier alpha value is -4.65. The highest BCUT2D eigenvalue weighted by atomic mass is 16.5. The summed E-state index contributed by atoms with van der Waals surface area (Å²) >= 11 is 0. The van der Waals surface area contributed by atoms with Crippen molar-refractivity contribution >= 4 is 17.5 Å². The van der Waals surface area contributed by atoms with Gasteiger partial charge in [-0.1, -0.05) is 42.5 Å². The standard InChI is InChI=1S/C33H31N3O4/c1-22(8-9-23-6-4-3-5-7-23)40-31-17-27(12-13-30(31)39-2)36-21-25-11-10-24(16-29(25)33(36)38)19-35-20-26-18-34-15-14-28(26)32(35)37/h3-7,10-18,22H,8-9,19-21H2,1-2H3. The van der Waals surface area contributed by atoms with Crippen LogP contribution < -0.4 is 14.4 Å². The maximum atomic E-state index is 13.5.